The van der Waals surface area contributed by atoms with Crippen LogP contribution >= 0.6 is 11.6 Å². The van der Waals surface area contributed by atoms with E-state index >= 15 is 0 Å². The van der Waals surface area contributed by atoms with Gasteiger partial charge in [-0.1, -0.05) is 16.8 Å². The largest absolute Gasteiger partial charge is 0.444 e. The standard InChI is InChI=1S/C16H21ClN4O2/c1-16(2,3)23-15(22)20-7-6-11(9-20)10-21-14-5-4-12(17)8-13(14)18-19-21/h4-5,8,11H,6-7,9-10H2,1-3H3. The van der Waals surface area contributed by atoms with Crippen LogP contribution in [-0.4, -0.2) is 44.7 Å². The lowest BCUT2D eigenvalue weighted by Crippen LogP contribution is -2.35. The summed E-state index contributed by atoms with van der Waals surface area (Å²) in [5, 5.41) is 9.00. The Morgan fingerprint density at radius 1 is 1.43 bits per heavy atom. The number of fused-ring (bicyclic) bond motifs is 1. The first-order valence-corrected chi connectivity index (χ1v) is 8.16. The third-order valence-corrected chi connectivity index (χ3v) is 4.08. The molecule has 1 saturated heterocycles. The van der Waals surface area contributed by atoms with Gasteiger partial charge in [0.05, 0.1) is 5.52 Å². The van der Waals surface area contributed by atoms with E-state index < -0.39 is 5.60 Å². The molecule has 0 saturated carbocycles. The molecular formula is C16H21ClN4O2. The Morgan fingerprint density at radius 2 is 2.22 bits per heavy atom. The van der Waals surface area contributed by atoms with Crippen LogP contribution in [0.4, 0.5) is 4.79 Å². The van der Waals surface area contributed by atoms with Crippen LogP contribution in [0.1, 0.15) is 27.2 Å². The highest BCUT2D eigenvalue weighted by Crippen LogP contribution is 2.23. The van der Waals surface area contributed by atoms with Gasteiger partial charge >= 0.3 is 6.09 Å². The lowest BCUT2D eigenvalue weighted by atomic mass is 10.1. The number of likely N-dealkylation sites (tertiary alicyclic amines) is 1. The van der Waals surface area contributed by atoms with Crippen molar-refractivity contribution < 1.29 is 9.53 Å². The highest BCUT2D eigenvalue weighted by Gasteiger charge is 2.30. The molecule has 1 unspecified atom stereocenters. The molecular weight excluding hydrogens is 316 g/mol. The Kier molecular flexibility index (Phi) is 4.19. The van der Waals surface area contributed by atoms with Crippen molar-refractivity contribution in [3.8, 4) is 0 Å². The molecule has 0 spiro atoms. The summed E-state index contributed by atoms with van der Waals surface area (Å²) in [5.41, 5.74) is 1.29. The minimum atomic E-state index is -0.462. The van der Waals surface area contributed by atoms with Crippen molar-refractivity contribution >= 4 is 28.7 Å². The SMILES string of the molecule is CC(C)(C)OC(=O)N1CCC(Cn2nnc3cc(Cl)ccc32)C1. The van der Waals surface area contributed by atoms with E-state index in [9.17, 15) is 4.79 Å². The van der Waals surface area contributed by atoms with Crippen molar-refractivity contribution in [1.82, 2.24) is 19.9 Å². The Balaban J connectivity index is 1.64. The predicted molar refractivity (Wildman–Crippen MR) is 88.5 cm³/mol. The second kappa shape index (κ2) is 6.00. The number of benzene rings is 1. The van der Waals surface area contributed by atoms with Crippen LogP contribution in [0.2, 0.25) is 5.02 Å². The zero-order chi connectivity index (χ0) is 16.6. The number of carbonyl (C=O) groups excluding carboxylic acids is 1. The van der Waals surface area contributed by atoms with Gasteiger partial charge in [-0.2, -0.15) is 0 Å². The number of hydrogen-bond donors (Lipinski definition) is 0. The van der Waals surface area contributed by atoms with E-state index in [2.05, 4.69) is 10.3 Å². The molecule has 0 aliphatic carbocycles. The maximum Gasteiger partial charge on any atom is 0.410 e. The summed E-state index contributed by atoms with van der Waals surface area (Å²) in [5.74, 6) is 0.350. The summed E-state index contributed by atoms with van der Waals surface area (Å²) in [6, 6.07) is 5.58. The van der Waals surface area contributed by atoms with Crippen molar-refractivity contribution in [3.05, 3.63) is 23.2 Å². The molecule has 7 heteroatoms. The number of rotatable bonds is 2. The number of ether oxygens (including phenoxy) is 1. The zero-order valence-electron chi connectivity index (χ0n) is 13.6. The number of halogens is 1. The minimum absolute atomic E-state index is 0.241. The molecule has 1 amide bonds. The zero-order valence-corrected chi connectivity index (χ0v) is 14.4. The average molecular weight is 337 g/mol. The molecule has 0 radical (unpaired) electrons. The van der Waals surface area contributed by atoms with E-state index in [1.165, 1.54) is 0 Å². The second-order valence-electron chi connectivity index (χ2n) is 6.99. The van der Waals surface area contributed by atoms with Gasteiger partial charge < -0.3 is 9.64 Å². The topological polar surface area (TPSA) is 60.2 Å². The molecule has 3 rings (SSSR count). The first-order valence-electron chi connectivity index (χ1n) is 7.78. The van der Waals surface area contributed by atoms with Gasteiger partial charge in [-0.15, -0.1) is 5.10 Å². The minimum Gasteiger partial charge on any atom is -0.444 e. The van der Waals surface area contributed by atoms with Crippen LogP contribution in [-0.2, 0) is 11.3 Å². The molecule has 2 heterocycles. The molecule has 0 N–H and O–H groups in total. The fraction of sp³-hybridized carbons (Fsp3) is 0.562. The Labute approximate surface area is 140 Å². The highest BCUT2D eigenvalue weighted by atomic mass is 35.5. The predicted octanol–water partition coefficient (Wildman–Crippen LogP) is 3.34. The van der Waals surface area contributed by atoms with E-state index in [-0.39, 0.29) is 6.09 Å². The fourth-order valence-corrected chi connectivity index (χ4v) is 2.97. The summed E-state index contributed by atoms with van der Waals surface area (Å²) in [6.07, 6.45) is 0.698. The van der Waals surface area contributed by atoms with Crippen molar-refractivity contribution in [3.63, 3.8) is 0 Å². The molecule has 1 fully saturated rings. The number of nitrogens with zero attached hydrogens (tertiary/aromatic N) is 4. The van der Waals surface area contributed by atoms with Gasteiger partial charge in [0.2, 0.25) is 0 Å². The number of carbonyl (C=O) groups is 1. The summed E-state index contributed by atoms with van der Waals surface area (Å²) < 4.78 is 7.31. The van der Waals surface area contributed by atoms with E-state index in [1.807, 2.05) is 43.7 Å². The van der Waals surface area contributed by atoms with Gasteiger partial charge in [0.25, 0.3) is 0 Å². The normalized spacial score (nSPS) is 18.6. The van der Waals surface area contributed by atoms with Gasteiger partial charge in [-0.05, 0) is 51.3 Å². The summed E-state index contributed by atoms with van der Waals surface area (Å²) in [4.78, 5) is 13.9. The number of amides is 1. The van der Waals surface area contributed by atoms with E-state index in [4.69, 9.17) is 16.3 Å². The molecule has 23 heavy (non-hydrogen) atoms. The molecule has 1 aliphatic heterocycles. The maximum atomic E-state index is 12.1. The highest BCUT2D eigenvalue weighted by molar-refractivity contribution is 6.31. The Hall–Kier alpha value is -1.82. The molecule has 6 nitrogen and oxygen atoms in total. The molecule has 1 aliphatic rings. The summed E-state index contributed by atoms with van der Waals surface area (Å²) >= 11 is 5.97. The summed E-state index contributed by atoms with van der Waals surface area (Å²) in [6.45, 7) is 7.78. The van der Waals surface area contributed by atoms with Gasteiger partial charge in [0.15, 0.2) is 0 Å². The van der Waals surface area contributed by atoms with Crippen LogP contribution in [0.25, 0.3) is 11.0 Å². The van der Waals surface area contributed by atoms with Crippen LogP contribution in [0.3, 0.4) is 0 Å². The van der Waals surface area contributed by atoms with Gasteiger partial charge in [0.1, 0.15) is 11.1 Å². The first-order chi connectivity index (χ1) is 10.8. The Morgan fingerprint density at radius 3 is 2.96 bits per heavy atom. The molecule has 1 atom stereocenters. The molecule has 2 aromatic rings. The quantitative estimate of drug-likeness (QED) is 0.843. The molecule has 124 valence electrons. The van der Waals surface area contributed by atoms with E-state index in [0.717, 1.165) is 30.5 Å². The van der Waals surface area contributed by atoms with Crippen LogP contribution in [0.15, 0.2) is 18.2 Å². The fourth-order valence-electron chi connectivity index (χ4n) is 2.80. The molecule has 1 aromatic heterocycles. The monoisotopic (exact) mass is 336 g/mol. The van der Waals surface area contributed by atoms with Crippen molar-refractivity contribution in [1.29, 1.82) is 0 Å². The third-order valence-electron chi connectivity index (χ3n) is 3.84. The smallest absolute Gasteiger partial charge is 0.410 e. The molecule has 0 bridgehead atoms. The lowest BCUT2D eigenvalue weighted by Gasteiger charge is -2.24. The van der Waals surface area contributed by atoms with Crippen LogP contribution in [0.5, 0.6) is 0 Å². The first kappa shape index (κ1) is 16.1. The lowest BCUT2D eigenvalue weighted by molar-refractivity contribution is 0.0287. The third kappa shape index (κ3) is 3.75. The van der Waals surface area contributed by atoms with Gasteiger partial charge in [-0.3, -0.25) is 0 Å². The van der Waals surface area contributed by atoms with Crippen molar-refractivity contribution in [2.45, 2.75) is 39.3 Å². The van der Waals surface area contributed by atoms with Crippen molar-refractivity contribution in [2.24, 2.45) is 5.92 Å². The van der Waals surface area contributed by atoms with Gasteiger partial charge in [-0.25, -0.2) is 9.48 Å². The van der Waals surface area contributed by atoms with E-state index in [1.54, 1.807) is 4.90 Å². The summed E-state index contributed by atoms with van der Waals surface area (Å²) in [7, 11) is 0. The van der Waals surface area contributed by atoms with Crippen molar-refractivity contribution in [2.75, 3.05) is 13.1 Å². The molecule has 1 aromatic carbocycles. The number of aromatic nitrogens is 3. The van der Waals surface area contributed by atoms with Crippen LogP contribution in [0, 0.1) is 5.92 Å². The second-order valence-corrected chi connectivity index (χ2v) is 7.42. The number of hydrogen-bond acceptors (Lipinski definition) is 4. The van der Waals surface area contributed by atoms with Gasteiger partial charge in [0, 0.05) is 24.7 Å². The Bertz CT molecular complexity index is 722. The van der Waals surface area contributed by atoms with Crippen LogP contribution < -0.4 is 0 Å². The average Bonchev–Trinajstić information content (AvgIpc) is 3.05. The maximum absolute atomic E-state index is 12.1. The van der Waals surface area contributed by atoms with E-state index in [0.29, 0.717) is 17.5 Å².